The Morgan fingerprint density at radius 2 is 2.20 bits per heavy atom. The highest BCUT2D eigenvalue weighted by Crippen LogP contribution is 2.35. The molecule has 0 saturated carbocycles. The van der Waals surface area contributed by atoms with E-state index in [2.05, 4.69) is 13.2 Å². The maximum atomic E-state index is 11.9. The number of aliphatic hydroxyl groups excluding tert-OH is 2. The molecule has 0 unspecified atom stereocenters. The minimum Gasteiger partial charge on any atom is -0.458 e. The number of fused-ring (bicyclic) bond motifs is 1. The van der Waals surface area contributed by atoms with Gasteiger partial charge in [0.05, 0.1) is 24.2 Å². The predicted octanol–water partition coefficient (Wildman–Crippen LogP) is 1.59. The van der Waals surface area contributed by atoms with E-state index in [1.807, 2.05) is 13.0 Å². The molecule has 3 atom stereocenters. The standard InChI is InChI=1S/C19H24O6/c1-11-5-4-6-14(10-24-18(22)12(2)9-20)8-16-17(15(21)7-11)13(3)19(23)25-16/h6-7,15-17,20-21H,2-5,8-10H2,1H3/b11-7+,14-6?/t15-,16+,17+/m1/s1. The number of aliphatic hydroxyl groups is 2. The van der Waals surface area contributed by atoms with E-state index in [4.69, 9.17) is 14.6 Å². The van der Waals surface area contributed by atoms with E-state index in [0.29, 0.717) is 6.42 Å². The van der Waals surface area contributed by atoms with Gasteiger partial charge in [-0.1, -0.05) is 30.9 Å². The van der Waals surface area contributed by atoms with Gasteiger partial charge in [0.1, 0.15) is 12.7 Å². The highest BCUT2D eigenvalue weighted by atomic mass is 16.6. The monoisotopic (exact) mass is 348 g/mol. The van der Waals surface area contributed by atoms with E-state index in [9.17, 15) is 14.7 Å². The molecule has 6 heteroatoms. The second-order valence-corrected chi connectivity index (χ2v) is 6.44. The zero-order chi connectivity index (χ0) is 18.6. The Balaban J connectivity index is 2.17. The lowest BCUT2D eigenvalue weighted by Gasteiger charge is -2.23. The van der Waals surface area contributed by atoms with Gasteiger partial charge in [-0.15, -0.1) is 0 Å². The molecule has 0 radical (unpaired) electrons. The molecule has 0 bridgehead atoms. The molecule has 0 amide bonds. The molecule has 1 heterocycles. The predicted molar refractivity (Wildman–Crippen MR) is 91.4 cm³/mol. The zero-order valence-electron chi connectivity index (χ0n) is 14.4. The number of ether oxygens (including phenoxy) is 2. The van der Waals surface area contributed by atoms with Gasteiger partial charge in [-0.3, -0.25) is 0 Å². The molecule has 1 saturated heterocycles. The van der Waals surface area contributed by atoms with E-state index in [1.54, 1.807) is 6.08 Å². The van der Waals surface area contributed by atoms with Gasteiger partial charge in [-0.25, -0.2) is 9.59 Å². The van der Waals surface area contributed by atoms with Crippen LogP contribution < -0.4 is 0 Å². The molecule has 6 nitrogen and oxygen atoms in total. The van der Waals surface area contributed by atoms with Gasteiger partial charge in [0.2, 0.25) is 0 Å². The van der Waals surface area contributed by atoms with Crippen molar-refractivity contribution in [3.8, 4) is 0 Å². The Bertz CT molecular complexity index is 642. The van der Waals surface area contributed by atoms with Crippen molar-refractivity contribution in [3.63, 3.8) is 0 Å². The Morgan fingerprint density at radius 3 is 2.88 bits per heavy atom. The summed E-state index contributed by atoms with van der Waals surface area (Å²) < 4.78 is 10.5. The first-order valence-corrected chi connectivity index (χ1v) is 8.22. The summed E-state index contributed by atoms with van der Waals surface area (Å²) >= 11 is 0. The molecule has 1 aliphatic carbocycles. The average molecular weight is 348 g/mol. The van der Waals surface area contributed by atoms with Gasteiger partial charge in [-0.05, 0) is 25.3 Å². The maximum Gasteiger partial charge on any atom is 0.336 e. The smallest absolute Gasteiger partial charge is 0.336 e. The third-order valence-corrected chi connectivity index (χ3v) is 4.45. The van der Waals surface area contributed by atoms with Gasteiger partial charge in [-0.2, -0.15) is 0 Å². The lowest BCUT2D eigenvalue weighted by molar-refractivity contribution is -0.141. The number of carbonyl (C=O) groups is 2. The van der Waals surface area contributed by atoms with E-state index in [0.717, 1.165) is 24.0 Å². The molecule has 2 aliphatic rings. The van der Waals surface area contributed by atoms with Crippen molar-refractivity contribution < 1.29 is 29.3 Å². The van der Waals surface area contributed by atoms with Crippen molar-refractivity contribution >= 4 is 11.9 Å². The van der Waals surface area contributed by atoms with Crippen LogP contribution in [0.3, 0.4) is 0 Å². The molecule has 1 fully saturated rings. The van der Waals surface area contributed by atoms with Crippen LogP contribution in [0.25, 0.3) is 0 Å². The topological polar surface area (TPSA) is 93.1 Å². The van der Waals surface area contributed by atoms with E-state index < -0.39 is 36.7 Å². The van der Waals surface area contributed by atoms with Crippen molar-refractivity contribution in [2.75, 3.05) is 13.2 Å². The first-order chi connectivity index (χ1) is 11.8. The Morgan fingerprint density at radius 1 is 1.48 bits per heavy atom. The second kappa shape index (κ2) is 8.27. The summed E-state index contributed by atoms with van der Waals surface area (Å²) in [6.07, 6.45) is 4.11. The molecular weight excluding hydrogens is 324 g/mol. The van der Waals surface area contributed by atoms with Gasteiger partial charge in [0, 0.05) is 12.0 Å². The first-order valence-electron chi connectivity index (χ1n) is 8.22. The van der Waals surface area contributed by atoms with E-state index in [-0.39, 0.29) is 17.8 Å². The van der Waals surface area contributed by atoms with Crippen LogP contribution in [0.1, 0.15) is 26.2 Å². The molecule has 0 aromatic carbocycles. The van der Waals surface area contributed by atoms with Crippen LogP contribution >= 0.6 is 0 Å². The van der Waals surface area contributed by atoms with E-state index >= 15 is 0 Å². The molecule has 25 heavy (non-hydrogen) atoms. The quantitative estimate of drug-likeness (QED) is 0.455. The number of rotatable bonds is 4. The molecular formula is C19H24O6. The molecule has 2 rings (SSSR count). The number of hydrogen-bond donors (Lipinski definition) is 2. The fourth-order valence-corrected chi connectivity index (χ4v) is 3.01. The summed E-state index contributed by atoms with van der Waals surface area (Å²) in [7, 11) is 0. The van der Waals surface area contributed by atoms with Crippen molar-refractivity contribution in [1.29, 1.82) is 0 Å². The number of esters is 2. The number of carbonyl (C=O) groups excluding carboxylic acids is 2. The Kier molecular flexibility index (Phi) is 6.33. The SMILES string of the molecule is C=C(CO)C(=O)OCC1=CCC/C(C)=C/[C@@H](O)[C@@H]2C(=C)C(=O)O[C@H]2C1. The fourth-order valence-electron chi connectivity index (χ4n) is 3.01. The highest BCUT2D eigenvalue weighted by Gasteiger charge is 2.42. The third kappa shape index (κ3) is 4.67. The molecule has 0 aromatic heterocycles. The van der Waals surface area contributed by atoms with Gasteiger partial charge >= 0.3 is 11.9 Å². The summed E-state index contributed by atoms with van der Waals surface area (Å²) in [5.74, 6) is -1.70. The Hall–Kier alpha value is -2.18. The first kappa shape index (κ1) is 19.1. The van der Waals surface area contributed by atoms with Gasteiger partial charge in [0.15, 0.2) is 0 Å². The lowest BCUT2D eigenvalue weighted by Crippen LogP contribution is -2.29. The third-order valence-electron chi connectivity index (χ3n) is 4.45. The number of allylic oxidation sites excluding steroid dienone is 2. The van der Waals surface area contributed by atoms with Crippen LogP contribution in [-0.4, -0.2) is 47.6 Å². The summed E-state index contributed by atoms with van der Waals surface area (Å²) in [6.45, 7) is 8.64. The molecule has 136 valence electrons. The second-order valence-electron chi connectivity index (χ2n) is 6.44. The van der Waals surface area contributed by atoms with Crippen LogP contribution in [0.4, 0.5) is 0 Å². The molecule has 2 N–H and O–H groups in total. The summed E-state index contributed by atoms with van der Waals surface area (Å²) in [6, 6.07) is 0. The van der Waals surface area contributed by atoms with Crippen LogP contribution in [0.15, 0.2) is 47.6 Å². The van der Waals surface area contributed by atoms with Gasteiger partial charge in [0.25, 0.3) is 0 Å². The van der Waals surface area contributed by atoms with Gasteiger partial charge < -0.3 is 19.7 Å². The zero-order valence-corrected chi connectivity index (χ0v) is 14.4. The van der Waals surface area contributed by atoms with Crippen molar-refractivity contribution in [3.05, 3.63) is 47.6 Å². The number of hydrogen-bond acceptors (Lipinski definition) is 6. The van der Waals surface area contributed by atoms with Crippen LogP contribution in [0, 0.1) is 5.92 Å². The normalized spacial score (nSPS) is 29.0. The van der Waals surface area contributed by atoms with Crippen LogP contribution in [0.5, 0.6) is 0 Å². The largest absolute Gasteiger partial charge is 0.458 e. The summed E-state index contributed by atoms with van der Waals surface area (Å²) in [5, 5.41) is 19.4. The average Bonchev–Trinajstić information content (AvgIpc) is 2.84. The Labute approximate surface area is 147 Å². The highest BCUT2D eigenvalue weighted by molar-refractivity contribution is 5.91. The van der Waals surface area contributed by atoms with Crippen molar-refractivity contribution in [1.82, 2.24) is 0 Å². The van der Waals surface area contributed by atoms with Crippen LogP contribution in [0.2, 0.25) is 0 Å². The molecule has 0 aromatic rings. The minimum absolute atomic E-state index is 0.0178. The molecule has 0 spiro atoms. The van der Waals surface area contributed by atoms with Crippen molar-refractivity contribution in [2.45, 2.75) is 38.4 Å². The van der Waals surface area contributed by atoms with Crippen molar-refractivity contribution in [2.24, 2.45) is 5.92 Å². The van der Waals surface area contributed by atoms with E-state index in [1.165, 1.54) is 0 Å². The molecule has 1 aliphatic heterocycles. The van der Waals surface area contributed by atoms with Crippen LogP contribution in [-0.2, 0) is 19.1 Å². The minimum atomic E-state index is -0.847. The summed E-state index contributed by atoms with van der Waals surface area (Å²) in [5.41, 5.74) is 2.03. The maximum absolute atomic E-state index is 11.9. The lowest BCUT2D eigenvalue weighted by atomic mass is 9.85. The fraction of sp³-hybridized carbons (Fsp3) is 0.474. The summed E-state index contributed by atoms with van der Waals surface area (Å²) in [4.78, 5) is 23.5.